The lowest BCUT2D eigenvalue weighted by Gasteiger charge is -2.22. The van der Waals surface area contributed by atoms with Gasteiger partial charge in [-0.1, -0.05) is 0 Å². The lowest BCUT2D eigenvalue weighted by molar-refractivity contribution is 0.416. The maximum absolute atomic E-state index is 12.3. The fraction of sp³-hybridized carbons (Fsp3) is 0.600. The van der Waals surface area contributed by atoms with E-state index in [0.717, 1.165) is 11.3 Å². The van der Waals surface area contributed by atoms with Gasteiger partial charge < -0.3 is 5.73 Å². The third-order valence-corrected chi connectivity index (χ3v) is 6.78. The van der Waals surface area contributed by atoms with E-state index < -0.39 is 10.0 Å². The molecule has 0 aromatic carbocycles. The zero-order chi connectivity index (χ0) is 13.1. The van der Waals surface area contributed by atoms with Crippen molar-refractivity contribution in [3.63, 3.8) is 0 Å². The van der Waals surface area contributed by atoms with Crippen LogP contribution in [0.3, 0.4) is 0 Å². The average Bonchev–Trinajstić information content (AvgIpc) is 2.77. The first kappa shape index (κ1) is 15.0. The van der Waals surface area contributed by atoms with Gasteiger partial charge in [-0.3, -0.25) is 0 Å². The Hall–Kier alpha value is -0.0800. The van der Waals surface area contributed by atoms with Gasteiger partial charge >= 0.3 is 0 Å². The molecule has 0 aliphatic carbocycles. The van der Waals surface area contributed by atoms with E-state index in [0.29, 0.717) is 10.8 Å². The molecule has 1 rings (SSSR count). The zero-order valence-corrected chi connectivity index (χ0v) is 12.7. The summed E-state index contributed by atoms with van der Waals surface area (Å²) in [5, 5.41) is 1.79. The van der Waals surface area contributed by atoms with Gasteiger partial charge in [0.15, 0.2) is 0 Å². The van der Waals surface area contributed by atoms with Crippen LogP contribution in [0.4, 0.5) is 0 Å². The summed E-state index contributed by atoms with van der Waals surface area (Å²) in [6.45, 7) is 2.28. The maximum atomic E-state index is 12.3. The van der Waals surface area contributed by atoms with Crippen molar-refractivity contribution >= 4 is 33.1 Å². The Balaban J connectivity index is 2.94. The summed E-state index contributed by atoms with van der Waals surface area (Å²) < 4.78 is 26.3. The predicted molar refractivity (Wildman–Crippen MR) is 75.0 cm³/mol. The smallest absolute Gasteiger partial charge is 0.252 e. The number of hydrogen-bond donors (Lipinski definition) is 1. The van der Waals surface area contributed by atoms with Gasteiger partial charge in [-0.15, -0.1) is 11.3 Å². The second-order valence-electron chi connectivity index (χ2n) is 3.80. The van der Waals surface area contributed by atoms with Crippen LogP contribution in [0.5, 0.6) is 0 Å². The van der Waals surface area contributed by atoms with E-state index in [2.05, 4.69) is 0 Å². The Morgan fingerprint density at radius 2 is 2.24 bits per heavy atom. The summed E-state index contributed by atoms with van der Waals surface area (Å²) in [6, 6.07) is 1.64. The van der Waals surface area contributed by atoms with Crippen LogP contribution in [0.1, 0.15) is 12.5 Å². The van der Waals surface area contributed by atoms with Crippen molar-refractivity contribution in [2.75, 3.05) is 19.1 Å². The number of rotatable bonds is 6. The van der Waals surface area contributed by atoms with E-state index in [9.17, 15) is 8.42 Å². The summed E-state index contributed by atoms with van der Waals surface area (Å²) in [5.74, 6) is 0.783. The molecule has 0 aliphatic rings. The van der Waals surface area contributed by atoms with Crippen LogP contribution in [-0.4, -0.2) is 37.8 Å². The van der Waals surface area contributed by atoms with Crippen molar-refractivity contribution in [1.29, 1.82) is 0 Å². The molecule has 0 amide bonds. The molecule has 1 unspecified atom stereocenters. The molecule has 0 bridgehead atoms. The molecule has 0 fully saturated rings. The van der Waals surface area contributed by atoms with Gasteiger partial charge in [0.2, 0.25) is 0 Å². The number of thiophene rings is 1. The van der Waals surface area contributed by atoms with Crippen molar-refractivity contribution in [1.82, 2.24) is 4.31 Å². The Morgan fingerprint density at radius 1 is 1.59 bits per heavy atom. The lowest BCUT2D eigenvalue weighted by Crippen LogP contribution is -2.36. The minimum Gasteiger partial charge on any atom is -0.326 e. The molecular formula is C10H18N2O2S3. The number of hydrogen-bond acceptors (Lipinski definition) is 5. The summed E-state index contributed by atoms with van der Waals surface area (Å²) in [7, 11) is -1.74. The van der Waals surface area contributed by atoms with E-state index in [1.54, 1.807) is 30.3 Å². The Kier molecular flexibility index (Phi) is 5.46. The molecule has 0 aliphatic heterocycles. The van der Waals surface area contributed by atoms with Crippen LogP contribution in [0.25, 0.3) is 0 Å². The molecule has 2 N–H and O–H groups in total. The van der Waals surface area contributed by atoms with Crippen molar-refractivity contribution in [2.45, 2.75) is 23.7 Å². The molecule has 0 saturated carbocycles. The van der Waals surface area contributed by atoms with Crippen molar-refractivity contribution in [3.05, 3.63) is 17.0 Å². The fourth-order valence-corrected chi connectivity index (χ4v) is 4.89. The lowest BCUT2D eigenvalue weighted by atomic mass is 10.4. The normalized spacial score (nSPS) is 14.2. The minimum atomic E-state index is -3.37. The molecule has 1 atom stereocenters. The number of sulfonamides is 1. The molecule has 1 aromatic rings. The third kappa shape index (κ3) is 3.45. The number of thioether (sulfide) groups is 1. The first-order chi connectivity index (χ1) is 7.93. The Bertz CT molecular complexity index is 456. The second kappa shape index (κ2) is 6.19. The highest BCUT2D eigenvalue weighted by Crippen LogP contribution is 2.24. The topological polar surface area (TPSA) is 63.4 Å². The van der Waals surface area contributed by atoms with Crippen LogP contribution < -0.4 is 5.73 Å². The van der Waals surface area contributed by atoms with E-state index in [1.807, 2.05) is 13.2 Å². The summed E-state index contributed by atoms with van der Waals surface area (Å²) in [5.41, 5.74) is 6.35. The van der Waals surface area contributed by atoms with Gasteiger partial charge in [0.25, 0.3) is 10.0 Å². The summed E-state index contributed by atoms with van der Waals surface area (Å²) in [4.78, 5) is 0. The van der Waals surface area contributed by atoms with Crippen LogP contribution >= 0.6 is 23.1 Å². The van der Waals surface area contributed by atoms with Gasteiger partial charge in [0, 0.05) is 25.4 Å². The first-order valence-electron chi connectivity index (χ1n) is 5.18. The first-order valence-corrected chi connectivity index (χ1v) is 8.89. The van der Waals surface area contributed by atoms with Crippen LogP contribution in [0.15, 0.2) is 15.7 Å². The fourth-order valence-electron chi connectivity index (χ4n) is 1.32. The summed E-state index contributed by atoms with van der Waals surface area (Å²) >= 11 is 2.86. The standard InChI is InChI=1S/C10H18N2O2S3/c1-8(6-15-3)12(2)17(13,14)10-4-9(5-11)7-16-10/h4,7-8H,5-6,11H2,1-3H3. The largest absolute Gasteiger partial charge is 0.326 e. The van der Waals surface area contributed by atoms with Crippen LogP contribution in [-0.2, 0) is 16.6 Å². The zero-order valence-electron chi connectivity index (χ0n) is 10.2. The third-order valence-electron chi connectivity index (χ3n) is 2.53. The molecule has 98 valence electrons. The van der Waals surface area contributed by atoms with Gasteiger partial charge in [0.1, 0.15) is 4.21 Å². The summed E-state index contributed by atoms with van der Waals surface area (Å²) in [6.07, 6.45) is 1.97. The molecule has 1 aromatic heterocycles. The Morgan fingerprint density at radius 3 is 2.71 bits per heavy atom. The molecular weight excluding hydrogens is 276 g/mol. The number of nitrogens with zero attached hydrogens (tertiary/aromatic N) is 1. The van der Waals surface area contributed by atoms with Crippen molar-refractivity contribution in [2.24, 2.45) is 5.73 Å². The maximum Gasteiger partial charge on any atom is 0.252 e. The average molecular weight is 294 g/mol. The van der Waals surface area contributed by atoms with Gasteiger partial charge in [-0.2, -0.15) is 16.1 Å². The van der Waals surface area contributed by atoms with E-state index in [1.165, 1.54) is 15.6 Å². The monoisotopic (exact) mass is 294 g/mol. The van der Waals surface area contributed by atoms with E-state index >= 15 is 0 Å². The van der Waals surface area contributed by atoms with Gasteiger partial charge in [-0.05, 0) is 30.2 Å². The molecule has 17 heavy (non-hydrogen) atoms. The molecule has 1 heterocycles. The second-order valence-corrected chi connectivity index (χ2v) is 7.85. The molecule has 7 heteroatoms. The van der Waals surface area contributed by atoms with Gasteiger partial charge in [0.05, 0.1) is 0 Å². The quantitative estimate of drug-likeness (QED) is 0.865. The number of nitrogens with two attached hydrogens (primary N) is 1. The SMILES string of the molecule is CSCC(C)N(C)S(=O)(=O)c1cc(CN)cs1. The van der Waals surface area contributed by atoms with E-state index in [-0.39, 0.29) is 6.04 Å². The predicted octanol–water partition coefficient (Wildman–Crippen LogP) is 1.58. The molecule has 0 saturated heterocycles. The molecule has 0 spiro atoms. The Labute approximate surface area is 111 Å². The highest BCUT2D eigenvalue weighted by molar-refractivity contribution is 7.98. The van der Waals surface area contributed by atoms with Crippen LogP contribution in [0, 0.1) is 0 Å². The van der Waals surface area contributed by atoms with E-state index in [4.69, 9.17) is 5.73 Å². The highest BCUT2D eigenvalue weighted by Gasteiger charge is 2.26. The van der Waals surface area contributed by atoms with Crippen molar-refractivity contribution in [3.8, 4) is 0 Å². The highest BCUT2D eigenvalue weighted by atomic mass is 32.2. The minimum absolute atomic E-state index is 0.0153. The molecule has 0 radical (unpaired) electrons. The van der Waals surface area contributed by atoms with Gasteiger partial charge in [-0.25, -0.2) is 8.42 Å². The van der Waals surface area contributed by atoms with Crippen molar-refractivity contribution < 1.29 is 8.42 Å². The van der Waals surface area contributed by atoms with Crippen LogP contribution in [0.2, 0.25) is 0 Å². The molecule has 4 nitrogen and oxygen atoms in total.